The summed E-state index contributed by atoms with van der Waals surface area (Å²) in [6.07, 6.45) is -1.44. The molecule has 0 aliphatic heterocycles. The highest BCUT2D eigenvalue weighted by Crippen LogP contribution is 2.13. The van der Waals surface area contributed by atoms with E-state index in [-0.39, 0.29) is 12.0 Å². The Morgan fingerprint density at radius 3 is 2.31 bits per heavy atom. The van der Waals surface area contributed by atoms with Gasteiger partial charge in [-0.15, -0.1) is 0 Å². The van der Waals surface area contributed by atoms with E-state index in [1.807, 2.05) is 5.43 Å². The van der Waals surface area contributed by atoms with Gasteiger partial charge in [0, 0.05) is 19.1 Å². The van der Waals surface area contributed by atoms with E-state index in [1.54, 1.807) is 0 Å². The Balaban J connectivity index is 0. The summed E-state index contributed by atoms with van der Waals surface area (Å²) in [6.45, 7) is 2.85. The van der Waals surface area contributed by atoms with Crippen LogP contribution >= 0.6 is 0 Å². The topological polar surface area (TPSA) is 192 Å². The lowest BCUT2D eigenvalue weighted by Crippen LogP contribution is -2.37. The monoisotopic (exact) mass is 390 g/mol. The molecule has 0 spiro atoms. The van der Waals surface area contributed by atoms with Crippen molar-refractivity contribution in [2.45, 2.75) is 37.9 Å². The average molecular weight is 390 g/mol. The van der Waals surface area contributed by atoms with Crippen molar-refractivity contribution >= 4 is 11.9 Å². The molecule has 0 amide bonds. The third kappa shape index (κ3) is 19.9. The van der Waals surface area contributed by atoms with Crippen LogP contribution in [0.15, 0.2) is 4.99 Å². The molecule has 0 bridgehead atoms. The number of nitrogens with two attached hydrogens (primary N) is 3. The Hall–Kier alpha value is -2.19. The van der Waals surface area contributed by atoms with Crippen molar-refractivity contribution < 1.29 is 33.3 Å². The fourth-order valence-corrected chi connectivity index (χ4v) is 1.47. The zero-order chi connectivity index (χ0) is 20.6. The number of unbranched alkanes of at least 4 members (excludes halogenated alkanes) is 1. The van der Waals surface area contributed by atoms with Gasteiger partial charge in [0.2, 0.25) is 0 Å². The number of guanidine groups is 1. The van der Waals surface area contributed by atoms with Crippen LogP contribution in [0.1, 0.15) is 25.7 Å². The Morgan fingerprint density at radius 2 is 1.85 bits per heavy atom. The zero-order valence-corrected chi connectivity index (χ0v) is 14.2. The second-order valence-electron chi connectivity index (χ2n) is 5.06. The average Bonchev–Trinajstić information content (AvgIpc) is 2.50. The maximum atomic E-state index is 10.6. The summed E-state index contributed by atoms with van der Waals surface area (Å²) in [5.41, 5.74) is 18.5. The minimum atomic E-state index is -5.08. The first-order valence-electron chi connectivity index (χ1n) is 7.69. The molecular weight excluding hydrogens is 363 g/mol. The smallest absolute Gasteiger partial charge is 0.475 e. The quantitative estimate of drug-likeness (QED) is 0.101. The van der Waals surface area contributed by atoms with Crippen molar-refractivity contribution in [2.24, 2.45) is 22.2 Å². The van der Waals surface area contributed by atoms with Crippen LogP contribution in [-0.2, 0) is 4.79 Å². The Labute approximate surface area is 148 Å². The lowest BCUT2D eigenvalue weighted by Gasteiger charge is -2.11. The summed E-state index contributed by atoms with van der Waals surface area (Å²) in [6, 6.07) is 0.0658. The van der Waals surface area contributed by atoms with E-state index >= 15 is 0 Å². The van der Waals surface area contributed by atoms with Crippen LogP contribution in [0.4, 0.5) is 13.2 Å². The van der Waals surface area contributed by atoms with Crippen molar-refractivity contribution in [2.75, 3.05) is 26.2 Å². The molecule has 11 nitrogen and oxygen atoms in total. The Kier molecular flexibility index (Phi) is 15.1. The number of halogens is 3. The number of aliphatic carboxylic acids is 1. The summed E-state index contributed by atoms with van der Waals surface area (Å²) < 4.78 is 31.7. The van der Waals surface area contributed by atoms with Gasteiger partial charge in [0.15, 0.2) is 0 Å². The summed E-state index contributed by atoms with van der Waals surface area (Å²) in [5.74, 6) is -2.88. The number of nitrogens with one attached hydrogen (secondary N) is 2. The van der Waals surface area contributed by atoms with E-state index in [9.17, 15) is 18.1 Å². The van der Waals surface area contributed by atoms with Crippen molar-refractivity contribution in [3.8, 4) is 0 Å². The second kappa shape index (κ2) is 15.1. The molecule has 0 aliphatic rings. The molecule has 0 radical (unpaired) electrons. The van der Waals surface area contributed by atoms with Crippen LogP contribution < -0.4 is 27.9 Å². The molecule has 154 valence electrons. The van der Waals surface area contributed by atoms with E-state index in [4.69, 9.17) is 32.3 Å². The van der Waals surface area contributed by atoms with Crippen LogP contribution in [-0.4, -0.2) is 65.7 Å². The number of carboxylic acids is 1. The molecule has 26 heavy (non-hydrogen) atoms. The maximum absolute atomic E-state index is 10.6. The fraction of sp³-hybridized carbons (Fsp3) is 0.833. The summed E-state index contributed by atoms with van der Waals surface area (Å²) in [5, 5.41) is 18.2. The van der Waals surface area contributed by atoms with Gasteiger partial charge >= 0.3 is 17.2 Å². The molecule has 10 N–H and O–H groups in total. The van der Waals surface area contributed by atoms with Gasteiger partial charge in [-0.05, 0) is 44.2 Å². The van der Waals surface area contributed by atoms with Crippen molar-refractivity contribution in [3.05, 3.63) is 4.91 Å². The van der Waals surface area contributed by atoms with E-state index in [0.29, 0.717) is 6.54 Å². The molecule has 0 aliphatic carbocycles. The molecule has 0 heterocycles. The predicted molar refractivity (Wildman–Crippen MR) is 87.1 cm³/mol. The third-order valence-corrected chi connectivity index (χ3v) is 2.68. The molecule has 0 aromatic heterocycles. The number of aliphatic imine (C=N–C) groups is 1. The fourth-order valence-electron chi connectivity index (χ4n) is 1.47. The molecule has 0 saturated carbocycles. The van der Waals surface area contributed by atoms with E-state index < -0.39 is 17.2 Å². The zero-order valence-electron chi connectivity index (χ0n) is 14.2. The van der Waals surface area contributed by atoms with Crippen LogP contribution in [0.3, 0.4) is 0 Å². The minimum Gasteiger partial charge on any atom is -0.475 e. The molecular formula is C12H27F3N7O4+. The summed E-state index contributed by atoms with van der Waals surface area (Å²) in [4.78, 5) is 22.9. The molecule has 0 aromatic carbocycles. The van der Waals surface area contributed by atoms with Crippen molar-refractivity contribution in [1.82, 2.24) is 10.7 Å². The minimum absolute atomic E-state index is 0.0658. The van der Waals surface area contributed by atoms with Crippen LogP contribution in [0.5, 0.6) is 0 Å². The van der Waals surface area contributed by atoms with Gasteiger partial charge in [-0.25, -0.2) is 15.0 Å². The highest BCUT2D eigenvalue weighted by Gasteiger charge is 2.38. The van der Waals surface area contributed by atoms with E-state index in [0.717, 1.165) is 45.3 Å². The number of hydrogen-bond acceptors (Lipinski definition) is 6. The maximum Gasteiger partial charge on any atom is 0.490 e. The molecule has 1 atom stereocenters. The summed E-state index contributed by atoms with van der Waals surface area (Å²) in [7, 11) is 0. The van der Waals surface area contributed by atoms with Crippen LogP contribution in [0.2, 0.25) is 0 Å². The molecule has 0 fully saturated rings. The highest BCUT2D eigenvalue weighted by molar-refractivity contribution is 5.76. The number of carbonyl (C=O) groups is 1. The van der Waals surface area contributed by atoms with Crippen molar-refractivity contribution in [3.63, 3.8) is 0 Å². The normalized spacial score (nSPS) is 12.7. The first-order valence-corrected chi connectivity index (χ1v) is 7.69. The summed E-state index contributed by atoms with van der Waals surface area (Å²) >= 11 is 0. The number of carboxylic acid groups (broad SMARTS) is 1. The lowest BCUT2D eigenvalue weighted by atomic mass is 10.1. The van der Waals surface area contributed by atoms with Gasteiger partial charge in [-0.2, -0.15) is 13.2 Å². The number of alkyl halides is 3. The molecule has 0 saturated heterocycles. The lowest BCUT2D eigenvalue weighted by molar-refractivity contribution is -0.822. The first kappa shape index (κ1) is 26.0. The molecule has 0 rings (SSSR count). The molecule has 14 heteroatoms. The highest BCUT2D eigenvalue weighted by atomic mass is 19.4. The predicted octanol–water partition coefficient (Wildman–Crippen LogP) is -0.957. The van der Waals surface area contributed by atoms with Crippen LogP contribution in [0, 0.1) is 4.91 Å². The van der Waals surface area contributed by atoms with E-state index in [2.05, 4.69) is 10.3 Å². The van der Waals surface area contributed by atoms with Gasteiger partial charge in [0.25, 0.3) is 5.96 Å². The van der Waals surface area contributed by atoms with Crippen molar-refractivity contribution in [1.29, 1.82) is 0 Å². The van der Waals surface area contributed by atoms with Crippen LogP contribution in [0.25, 0.3) is 0 Å². The molecule has 0 aromatic rings. The number of nitrogens with zero attached hydrogens (tertiary/aromatic N) is 2. The molecule has 1 unspecified atom stereocenters. The van der Waals surface area contributed by atoms with Gasteiger partial charge in [-0.3, -0.25) is 0 Å². The van der Waals surface area contributed by atoms with Gasteiger partial charge < -0.3 is 27.6 Å². The Bertz CT molecular complexity index is 436. The number of hydrogen-bond donors (Lipinski definition) is 7. The standard InChI is InChI=1S/C10H26N7O2.C2HF3O2/c11-5-1-2-6-14-8-9(12)4-3-7-15-10(13)16-17(18)19;3-2(4,5)1(6)7/h9,14H,1-8,11-12H2,(H,18,19)(H3,13,15,16);(H,6,7)/q+1;. The first-order chi connectivity index (χ1) is 12.0. The Morgan fingerprint density at radius 1 is 1.27 bits per heavy atom. The second-order valence-corrected chi connectivity index (χ2v) is 5.06. The SMILES string of the molecule is NCCCCNCC(N)CCCN=C(N)N[N+](=O)O.O=C(O)C(F)(F)F. The largest absolute Gasteiger partial charge is 0.490 e. The number of hydrazine groups is 1. The van der Waals surface area contributed by atoms with Gasteiger partial charge in [-0.1, -0.05) is 0 Å². The van der Waals surface area contributed by atoms with Gasteiger partial charge in [0.1, 0.15) is 4.91 Å². The van der Waals surface area contributed by atoms with Gasteiger partial charge in [0.05, 0.1) is 0 Å². The third-order valence-electron chi connectivity index (χ3n) is 2.68. The van der Waals surface area contributed by atoms with E-state index in [1.165, 1.54) is 0 Å². The number of rotatable bonds is 11.